The lowest BCUT2D eigenvalue weighted by Gasteiger charge is -2.26. The van der Waals surface area contributed by atoms with Crippen LogP contribution >= 0.6 is 0 Å². The van der Waals surface area contributed by atoms with Crippen LogP contribution in [0, 0.1) is 6.92 Å². The molecule has 1 N–H and O–H groups in total. The molecule has 2 saturated heterocycles. The molecule has 0 saturated carbocycles. The molecule has 26 heavy (non-hydrogen) atoms. The minimum Gasteiger partial charge on any atom is -0.390 e. The fourth-order valence-corrected chi connectivity index (χ4v) is 5.93. The van der Waals surface area contributed by atoms with Crippen LogP contribution in [0.25, 0.3) is 0 Å². The van der Waals surface area contributed by atoms with Gasteiger partial charge in [0.15, 0.2) is 0 Å². The number of hydrogen-bond donors (Lipinski definition) is 1. The summed E-state index contributed by atoms with van der Waals surface area (Å²) in [5, 5.41) is 10.6. The zero-order valence-electron chi connectivity index (χ0n) is 14.8. The first kappa shape index (κ1) is 17.7. The van der Waals surface area contributed by atoms with Crippen molar-refractivity contribution < 1.29 is 13.5 Å². The van der Waals surface area contributed by atoms with E-state index in [2.05, 4.69) is 17.0 Å². The molecule has 6 heteroatoms. The highest BCUT2D eigenvalue weighted by Crippen LogP contribution is 2.36. The number of β-amino-alcohol motifs (C(OH)–C–C–N with tert-alkyl or cyclic N) is 1. The van der Waals surface area contributed by atoms with E-state index >= 15 is 0 Å². The van der Waals surface area contributed by atoms with Crippen LogP contribution in [-0.2, 0) is 16.6 Å². The number of hydrogen-bond acceptors (Lipinski definition) is 4. The molecule has 0 aromatic heterocycles. The van der Waals surface area contributed by atoms with Gasteiger partial charge in [0.25, 0.3) is 0 Å². The predicted octanol–water partition coefficient (Wildman–Crippen LogP) is 2.00. The third-order valence-corrected chi connectivity index (χ3v) is 7.42. The smallest absolute Gasteiger partial charge is 0.243 e. The number of fused-ring (bicyclic) bond motifs is 1. The van der Waals surface area contributed by atoms with Crippen molar-refractivity contribution in [2.45, 2.75) is 43.0 Å². The second-order valence-corrected chi connectivity index (χ2v) is 9.15. The monoisotopic (exact) mass is 372 g/mol. The third kappa shape index (κ3) is 3.07. The molecule has 138 valence electrons. The lowest BCUT2D eigenvalue weighted by Crippen LogP contribution is -2.44. The van der Waals surface area contributed by atoms with Crippen LogP contribution in [0.2, 0.25) is 0 Å². The molecule has 0 unspecified atom stereocenters. The van der Waals surface area contributed by atoms with E-state index in [1.165, 1.54) is 9.87 Å². The van der Waals surface area contributed by atoms with Crippen molar-refractivity contribution in [3.63, 3.8) is 0 Å². The van der Waals surface area contributed by atoms with E-state index in [1.54, 1.807) is 12.1 Å². The maximum Gasteiger partial charge on any atom is 0.243 e. The first-order chi connectivity index (χ1) is 12.5. The summed E-state index contributed by atoms with van der Waals surface area (Å²) < 4.78 is 27.7. The van der Waals surface area contributed by atoms with Gasteiger partial charge >= 0.3 is 0 Å². The van der Waals surface area contributed by atoms with E-state index in [4.69, 9.17) is 0 Å². The first-order valence-electron chi connectivity index (χ1n) is 9.01. The Morgan fingerprint density at radius 2 is 1.77 bits per heavy atom. The lowest BCUT2D eigenvalue weighted by atomic mass is 10.1. The molecule has 2 aliphatic heterocycles. The molecule has 0 amide bonds. The van der Waals surface area contributed by atoms with Crippen molar-refractivity contribution in [2.24, 2.45) is 0 Å². The van der Waals surface area contributed by atoms with Gasteiger partial charge in [-0.15, -0.1) is 0 Å². The van der Waals surface area contributed by atoms with E-state index in [-0.39, 0.29) is 12.1 Å². The van der Waals surface area contributed by atoms with Gasteiger partial charge in [0.05, 0.1) is 17.0 Å². The second kappa shape index (κ2) is 6.78. The number of sulfonamides is 1. The molecule has 2 aliphatic rings. The Hall–Kier alpha value is -1.73. The van der Waals surface area contributed by atoms with Gasteiger partial charge in [0.1, 0.15) is 0 Å². The molecule has 2 aromatic carbocycles. The van der Waals surface area contributed by atoms with Crippen molar-refractivity contribution in [1.82, 2.24) is 9.21 Å². The van der Waals surface area contributed by atoms with Crippen LogP contribution < -0.4 is 0 Å². The third-order valence-electron chi connectivity index (χ3n) is 5.51. The number of benzene rings is 2. The molecule has 0 bridgehead atoms. The lowest BCUT2D eigenvalue weighted by molar-refractivity contribution is 0.130. The zero-order chi connectivity index (χ0) is 18.3. The topological polar surface area (TPSA) is 60.9 Å². The normalized spacial score (nSPS) is 26.9. The summed E-state index contributed by atoms with van der Waals surface area (Å²) in [6, 6.07) is 16.7. The minimum atomic E-state index is -3.59. The standard InChI is InChI=1S/C20H24N2O3S/c1-15-7-9-17(10-8-15)26(24,25)22-12-11-18-20(22)19(23)14-21(18)13-16-5-3-2-4-6-16/h2-10,18-20,23H,11-14H2,1H3/t18-,19-,20+/m0/s1. The fourth-order valence-electron chi connectivity index (χ4n) is 4.23. The van der Waals surface area contributed by atoms with Crippen molar-refractivity contribution in [1.29, 1.82) is 0 Å². The summed E-state index contributed by atoms with van der Waals surface area (Å²) in [6.45, 7) is 3.62. The Morgan fingerprint density at radius 1 is 1.08 bits per heavy atom. The van der Waals surface area contributed by atoms with Gasteiger partial charge in [-0.3, -0.25) is 4.90 Å². The molecule has 3 atom stereocenters. The van der Waals surface area contributed by atoms with Gasteiger partial charge in [-0.1, -0.05) is 48.0 Å². The van der Waals surface area contributed by atoms with E-state index in [0.29, 0.717) is 18.0 Å². The first-order valence-corrected chi connectivity index (χ1v) is 10.5. The van der Waals surface area contributed by atoms with Crippen LogP contribution in [0.3, 0.4) is 0 Å². The number of aryl methyl sites for hydroxylation is 1. The number of aliphatic hydroxyl groups is 1. The number of nitrogens with zero attached hydrogens (tertiary/aromatic N) is 2. The largest absolute Gasteiger partial charge is 0.390 e. The maximum atomic E-state index is 13.1. The van der Waals surface area contributed by atoms with Crippen LogP contribution in [0.1, 0.15) is 17.5 Å². The molecule has 0 spiro atoms. The summed E-state index contributed by atoms with van der Waals surface area (Å²) in [5.74, 6) is 0. The molecule has 0 radical (unpaired) electrons. The molecular weight excluding hydrogens is 348 g/mol. The average molecular weight is 372 g/mol. The second-order valence-electron chi connectivity index (χ2n) is 7.26. The zero-order valence-corrected chi connectivity index (χ0v) is 15.6. The molecule has 4 rings (SSSR count). The van der Waals surface area contributed by atoms with Crippen molar-refractivity contribution in [2.75, 3.05) is 13.1 Å². The Labute approximate surface area is 154 Å². The summed E-state index contributed by atoms with van der Waals surface area (Å²) in [6.07, 6.45) is 0.0889. The van der Waals surface area contributed by atoms with Gasteiger partial charge in [-0.2, -0.15) is 4.31 Å². The Morgan fingerprint density at radius 3 is 2.46 bits per heavy atom. The Balaban J connectivity index is 1.57. The van der Waals surface area contributed by atoms with E-state index in [1.807, 2.05) is 37.3 Å². The van der Waals surface area contributed by atoms with Gasteiger partial charge in [-0.25, -0.2) is 8.42 Å². The van der Waals surface area contributed by atoms with Gasteiger partial charge < -0.3 is 5.11 Å². The molecule has 2 fully saturated rings. The van der Waals surface area contributed by atoms with Gasteiger partial charge in [0.2, 0.25) is 10.0 Å². The quantitative estimate of drug-likeness (QED) is 0.892. The van der Waals surface area contributed by atoms with Crippen LogP contribution in [0.15, 0.2) is 59.5 Å². The van der Waals surface area contributed by atoms with Crippen molar-refractivity contribution in [3.8, 4) is 0 Å². The molecule has 2 heterocycles. The van der Waals surface area contributed by atoms with Crippen LogP contribution in [-0.4, -0.2) is 54.0 Å². The SMILES string of the molecule is Cc1ccc(S(=O)(=O)N2CC[C@H]3[C@@H]2[C@@H](O)CN3Cc2ccccc2)cc1. The Kier molecular flexibility index (Phi) is 4.61. The number of likely N-dealkylation sites (tertiary alicyclic amines) is 1. The summed E-state index contributed by atoms with van der Waals surface area (Å²) in [5.41, 5.74) is 2.21. The fraction of sp³-hybridized carbons (Fsp3) is 0.400. The molecule has 0 aliphatic carbocycles. The highest BCUT2D eigenvalue weighted by atomic mass is 32.2. The summed E-state index contributed by atoms with van der Waals surface area (Å²) in [4.78, 5) is 2.52. The van der Waals surface area contributed by atoms with Gasteiger partial charge in [0, 0.05) is 25.7 Å². The number of aliphatic hydroxyl groups excluding tert-OH is 1. The molecule has 5 nitrogen and oxygen atoms in total. The predicted molar refractivity (Wildman–Crippen MR) is 100 cm³/mol. The van der Waals surface area contributed by atoms with Crippen molar-refractivity contribution in [3.05, 3.63) is 65.7 Å². The average Bonchev–Trinajstić information content (AvgIpc) is 3.19. The van der Waals surface area contributed by atoms with Crippen LogP contribution in [0.5, 0.6) is 0 Å². The summed E-state index contributed by atoms with van der Waals surface area (Å²) >= 11 is 0. The highest BCUT2D eigenvalue weighted by molar-refractivity contribution is 7.89. The highest BCUT2D eigenvalue weighted by Gasteiger charge is 2.51. The maximum absolute atomic E-state index is 13.1. The van der Waals surface area contributed by atoms with Crippen molar-refractivity contribution >= 4 is 10.0 Å². The van der Waals surface area contributed by atoms with E-state index < -0.39 is 16.1 Å². The minimum absolute atomic E-state index is 0.0606. The Bertz CT molecular complexity index is 868. The number of rotatable bonds is 4. The molecule has 2 aromatic rings. The molecular formula is C20H24N2O3S. The van der Waals surface area contributed by atoms with E-state index in [0.717, 1.165) is 18.5 Å². The van der Waals surface area contributed by atoms with Crippen LogP contribution in [0.4, 0.5) is 0 Å². The van der Waals surface area contributed by atoms with E-state index in [9.17, 15) is 13.5 Å². The summed E-state index contributed by atoms with van der Waals surface area (Å²) in [7, 11) is -3.59. The van der Waals surface area contributed by atoms with Gasteiger partial charge in [-0.05, 0) is 31.0 Å².